The van der Waals surface area contributed by atoms with Gasteiger partial charge in [0.1, 0.15) is 23.8 Å². The minimum Gasteiger partial charge on any atom is -0.461 e. The number of hydrogen-bond donors (Lipinski definition) is 2. The fourth-order valence-corrected chi connectivity index (χ4v) is 9.63. The SMILES string of the molecule is C[C@@]12CC[C@@H](CN(c3nc(OC[C@]45CCCN4C[C@@H](F)C5)nc(-c4noc([C@@]5(C)CCCc6sc(N)c(C#N)c65)n4)n3)C1)N2. The van der Waals surface area contributed by atoms with Crippen LogP contribution in [0, 0.1) is 11.3 Å². The van der Waals surface area contributed by atoms with E-state index in [1.165, 1.54) is 11.3 Å². The molecule has 0 spiro atoms. The molecule has 4 fully saturated rings. The van der Waals surface area contributed by atoms with E-state index in [0.29, 0.717) is 48.0 Å². The predicted molar refractivity (Wildman–Crippen MR) is 161 cm³/mol. The van der Waals surface area contributed by atoms with Crippen LogP contribution in [0.1, 0.15) is 80.7 Å². The monoisotopic (exact) mass is 620 g/mol. The van der Waals surface area contributed by atoms with Crippen LogP contribution in [0.2, 0.25) is 0 Å². The van der Waals surface area contributed by atoms with Crippen molar-refractivity contribution in [3.05, 3.63) is 21.9 Å². The molecule has 4 saturated heterocycles. The number of nitrogen functional groups attached to an aromatic ring is 1. The summed E-state index contributed by atoms with van der Waals surface area (Å²) in [5.41, 5.74) is 6.61. The van der Waals surface area contributed by atoms with Gasteiger partial charge in [-0.05, 0) is 65.3 Å². The molecule has 3 aromatic rings. The molecular formula is C30H37FN10O2S. The Kier molecular flexibility index (Phi) is 6.42. The lowest BCUT2D eigenvalue weighted by molar-refractivity contribution is 0.107. The summed E-state index contributed by atoms with van der Waals surface area (Å²) in [6.07, 6.45) is 6.26. The third-order valence-corrected chi connectivity index (χ3v) is 11.6. The van der Waals surface area contributed by atoms with Crippen molar-refractivity contribution in [2.45, 2.75) is 93.9 Å². The summed E-state index contributed by atoms with van der Waals surface area (Å²) in [6.45, 7) is 7.44. The van der Waals surface area contributed by atoms with E-state index >= 15 is 0 Å². The number of aromatic nitrogens is 5. The van der Waals surface area contributed by atoms with E-state index in [9.17, 15) is 9.65 Å². The lowest BCUT2D eigenvalue weighted by Crippen LogP contribution is -2.58. The fraction of sp³-hybridized carbons (Fsp3) is 0.667. The molecular weight excluding hydrogens is 583 g/mol. The highest BCUT2D eigenvalue weighted by Crippen LogP contribution is 2.48. The summed E-state index contributed by atoms with van der Waals surface area (Å²) < 4.78 is 26.7. The van der Waals surface area contributed by atoms with Crippen molar-refractivity contribution in [3.8, 4) is 23.7 Å². The first-order chi connectivity index (χ1) is 21.2. The van der Waals surface area contributed by atoms with Crippen LogP contribution in [0.25, 0.3) is 11.6 Å². The molecule has 0 radical (unpaired) electrons. The number of rotatable bonds is 6. The first kappa shape index (κ1) is 28.1. The predicted octanol–water partition coefficient (Wildman–Crippen LogP) is 3.37. The van der Waals surface area contributed by atoms with E-state index in [4.69, 9.17) is 29.9 Å². The Morgan fingerprint density at radius 2 is 2.05 bits per heavy atom. The van der Waals surface area contributed by atoms with E-state index < -0.39 is 11.6 Å². The summed E-state index contributed by atoms with van der Waals surface area (Å²) >= 11 is 1.47. The van der Waals surface area contributed by atoms with Gasteiger partial charge in [0.15, 0.2) is 0 Å². The molecule has 1 aliphatic carbocycles. The Morgan fingerprint density at radius 3 is 2.89 bits per heavy atom. The van der Waals surface area contributed by atoms with Gasteiger partial charge in [-0.2, -0.15) is 25.2 Å². The summed E-state index contributed by atoms with van der Waals surface area (Å²) in [5, 5.41) is 18.5. The molecule has 5 atom stereocenters. The topological polar surface area (TPSA) is 155 Å². The van der Waals surface area contributed by atoms with E-state index in [2.05, 4.69) is 38.3 Å². The number of halogens is 1. The smallest absolute Gasteiger partial charge is 0.321 e. The van der Waals surface area contributed by atoms with Gasteiger partial charge in [-0.3, -0.25) is 4.90 Å². The third-order valence-electron chi connectivity index (χ3n) is 10.5. The van der Waals surface area contributed by atoms with E-state index in [1.807, 2.05) is 6.92 Å². The largest absolute Gasteiger partial charge is 0.461 e. The number of alkyl halides is 1. The number of nitrogens with two attached hydrogens (primary N) is 1. The van der Waals surface area contributed by atoms with Gasteiger partial charge in [-0.1, -0.05) is 5.16 Å². The average Bonchev–Trinajstić information content (AvgIpc) is 3.80. The quantitative estimate of drug-likeness (QED) is 0.415. The summed E-state index contributed by atoms with van der Waals surface area (Å²) in [6, 6.07) is 2.83. The number of piperazine rings is 1. The Balaban J connectivity index is 1.15. The highest BCUT2D eigenvalue weighted by atomic mass is 32.1. The highest BCUT2D eigenvalue weighted by Gasteiger charge is 2.50. The normalized spacial score (nSPS) is 32.9. The Bertz CT molecular complexity index is 1660. The van der Waals surface area contributed by atoms with Crippen LogP contribution in [0.3, 0.4) is 0 Å². The molecule has 4 aliphatic heterocycles. The second-order valence-electron chi connectivity index (χ2n) is 13.8. The van der Waals surface area contributed by atoms with Crippen LogP contribution in [0.4, 0.5) is 15.3 Å². The van der Waals surface area contributed by atoms with E-state index in [0.717, 1.165) is 75.0 Å². The van der Waals surface area contributed by atoms with Crippen LogP contribution < -0.4 is 20.7 Å². The fourth-order valence-electron chi connectivity index (χ4n) is 8.44. The second kappa shape index (κ2) is 10.1. The van der Waals surface area contributed by atoms with Gasteiger partial charge in [0.2, 0.25) is 23.5 Å². The molecule has 3 N–H and O–H groups in total. The second-order valence-corrected chi connectivity index (χ2v) is 14.9. The van der Waals surface area contributed by atoms with Crippen molar-refractivity contribution < 1.29 is 13.7 Å². The van der Waals surface area contributed by atoms with Crippen LogP contribution in [-0.4, -0.2) is 86.1 Å². The van der Waals surface area contributed by atoms with Crippen LogP contribution in [0.15, 0.2) is 4.52 Å². The third kappa shape index (κ3) is 4.46. The number of anilines is 2. The molecule has 14 heteroatoms. The van der Waals surface area contributed by atoms with Gasteiger partial charge < -0.3 is 25.2 Å². The van der Waals surface area contributed by atoms with Gasteiger partial charge in [-0.25, -0.2) is 4.39 Å². The van der Waals surface area contributed by atoms with Gasteiger partial charge in [0.25, 0.3) is 0 Å². The minimum atomic E-state index is -0.847. The Hall–Kier alpha value is -3.41. The maximum atomic E-state index is 14.4. The Labute approximate surface area is 259 Å². The van der Waals surface area contributed by atoms with E-state index in [1.54, 1.807) is 0 Å². The van der Waals surface area contributed by atoms with E-state index in [-0.39, 0.29) is 28.7 Å². The standard InChI is InChI=1S/C30H37FN10O2S/c1-28-9-6-18(38-28)14-40(15-28)26-35-23(36-27(37-26)42-16-30-8-4-10-41(30)13-17(31)11-30)24-34-25(43-39-24)29(2)7-3-5-20-21(29)19(12-32)22(33)44-20/h17-18,38H,3-11,13-16,33H2,1-2H3/t17-,18-,28+,29-,30+/m0/s1. The van der Waals surface area contributed by atoms with Gasteiger partial charge >= 0.3 is 6.01 Å². The van der Waals surface area contributed by atoms with Crippen molar-refractivity contribution in [2.75, 3.05) is 43.4 Å². The molecule has 2 bridgehead atoms. The molecule has 12 nitrogen and oxygen atoms in total. The first-order valence-electron chi connectivity index (χ1n) is 15.6. The molecule has 0 saturated carbocycles. The van der Waals surface area contributed by atoms with Gasteiger partial charge in [0, 0.05) is 48.1 Å². The summed E-state index contributed by atoms with van der Waals surface area (Å²) in [4.78, 5) is 24.6. The maximum absolute atomic E-state index is 14.4. The van der Waals surface area contributed by atoms with Gasteiger partial charge in [0.05, 0.1) is 16.5 Å². The number of fused-ring (bicyclic) bond motifs is 4. The number of thiophene rings is 1. The lowest BCUT2D eigenvalue weighted by Gasteiger charge is -2.39. The zero-order chi connectivity index (χ0) is 30.3. The van der Waals surface area contributed by atoms with Crippen molar-refractivity contribution in [3.63, 3.8) is 0 Å². The van der Waals surface area contributed by atoms with Crippen LogP contribution in [-0.2, 0) is 11.8 Å². The molecule has 0 unspecified atom stereocenters. The van der Waals surface area contributed by atoms with Crippen molar-refractivity contribution >= 4 is 22.3 Å². The number of ether oxygens (including phenoxy) is 1. The lowest BCUT2D eigenvalue weighted by atomic mass is 9.72. The number of hydrogen-bond acceptors (Lipinski definition) is 13. The zero-order valence-electron chi connectivity index (χ0n) is 25.1. The Morgan fingerprint density at radius 1 is 1.16 bits per heavy atom. The molecule has 232 valence electrons. The molecule has 3 aromatic heterocycles. The van der Waals surface area contributed by atoms with Crippen LogP contribution >= 0.6 is 11.3 Å². The summed E-state index contributed by atoms with van der Waals surface area (Å²) in [7, 11) is 0. The van der Waals surface area contributed by atoms with Gasteiger partial charge in [-0.15, -0.1) is 11.3 Å². The molecule has 5 aliphatic rings. The maximum Gasteiger partial charge on any atom is 0.321 e. The average molecular weight is 621 g/mol. The minimum absolute atomic E-state index is 0.0204. The number of aryl methyl sites for hydroxylation is 1. The molecule has 7 heterocycles. The number of nitrogens with one attached hydrogen (secondary N) is 1. The van der Waals surface area contributed by atoms with Crippen molar-refractivity contribution in [2.24, 2.45) is 0 Å². The number of nitrogens with zero attached hydrogens (tertiary/aromatic N) is 8. The number of nitriles is 1. The molecule has 0 aromatic carbocycles. The highest BCUT2D eigenvalue weighted by molar-refractivity contribution is 7.16. The molecule has 44 heavy (non-hydrogen) atoms. The zero-order valence-corrected chi connectivity index (χ0v) is 25.9. The molecule has 8 rings (SSSR count). The van der Waals surface area contributed by atoms with Crippen molar-refractivity contribution in [1.82, 2.24) is 35.3 Å². The first-order valence-corrected chi connectivity index (χ1v) is 16.5. The summed E-state index contributed by atoms with van der Waals surface area (Å²) in [5.74, 6) is 1.41. The van der Waals surface area contributed by atoms with Crippen LogP contribution in [0.5, 0.6) is 6.01 Å². The molecule has 0 amide bonds. The van der Waals surface area contributed by atoms with Crippen molar-refractivity contribution in [1.29, 1.82) is 5.26 Å².